The van der Waals surface area contributed by atoms with Crippen molar-refractivity contribution in [1.29, 1.82) is 0 Å². The molecule has 6 heteroatoms. The van der Waals surface area contributed by atoms with Crippen molar-refractivity contribution in [3.63, 3.8) is 0 Å². The third-order valence-corrected chi connectivity index (χ3v) is 5.03. The van der Waals surface area contributed by atoms with E-state index in [-0.39, 0.29) is 25.0 Å². The van der Waals surface area contributed by atoms with Crippen LogP contribution in [-0.4, -0.2) is 51.9 Å². The summed E-state index contributed by atoms with van der Waals surface area (Å²) in [5, 5.41) is 19.9. The maximum absolute atomic E-state index is 9.97. The van der Waals surface area contributed by atoms with Gasteiger partial charge in [-0.15, -0.1) is 0 Å². The van der Waals surface area contributed by atoms with Gasteiger partial charge in [-0.3, -0.25) is 0 Å². The van der Waals surface area contributed by atoms with Crippen molar-refractivity contribution in [3.8, 4) is 23.0 Å². The van der Waals surface area contributed by atoms with Crippen LogP contribution in [0.4, 0.5) is 0 Å². The Morgan fingerprint density at radius 2 is 0.964 bits per heavy atom. The summed E-state index contributed by atoms with van der Waals surface area (Å²) in [6.07, 6.45) is 1.24. The molecule has 0 amide bonds. The second-order valence-corrected chi connectivity index (χ2v) is 6.67. The predicted octanol–water partition coefficient (Wildman–Crippen LogP) is 2.72. The Labute approximate surface area is 166 Å². The van der Waals surface area contributed by atoms with Gasteiger partial charge in [-0.05, 0) is 60.1 Å². The molecule has 2 atom stereocenters. The minimum atomic E-state index is -0.101. The molecule has 2 aromatic rings. The van der Waals surface area contributed by atoms with Crippen LogP contribution in [0.2, 0.25) is 0 Å². The zero-order chi connectivity index (χ0) is 20.5. The smallest absolute Gasteiger partial charge is 0.160 e. The molecule has 0 aliphatic heterocycles. The van der Waals surface area contributed by atoms with Crippen LogP contribution >= 0.6 is 0 Å². The minimum Gasteiger partial charge on any atom is -0.493 e. The normalized spacial score (nSPS) is 12.9. The summed E-state index contributed by atoms with van der Waals surface area (Å²) in [7, 11) is 6.38. The highest BCUT2D eigenvalue weighted by Gasteiger charge is 2.22. The number of rotatable bonds is 11. The number of aliphatic hydroxyl groups is 2. The van der Waals surface area contributed by atoms with Crippen LogP contribution in [-0.2, 0) is 12.8 Å². The molecule has 6 nitrogen and oxygen atoms in total. The number of ether oxygens (including phenoxy) is 4. The zero-order valence-electron chi connectivity index (χ0n) is 17.0. The third kappa shape index (κ3) is 5.30. The molecule has 0 unspecified atom stereocenters. The zero-order valence-corrected chi connectivity index (χ0v) is 17.0. The monoisotopic (exact) mass is 390 g/mol. The first-order valence-corrected chi connectivity index (χ1v) is 9.23. The van der Waals surface area contributed by atoms with Crippen molar-refractivity contribution >= 4 is 0 Å². The number of hydrogen-bond donors (Lipinski definition) is 2. The second-order valence-electron chi connectivity index (χ2n) is 6.67. The molecule has 0 aliphatic rings. The Morgan fingerprint density at radius 3 is 1.25 bits per heavy atom. The number of benzene rings is 2. The third-order valence-electron chi connectivity index (χ3n) is 5.03. The van der Waals surface area contributed by atoms with E-state index < -0.39 is 0 Å². The van der Waals surface area contributed by atoms with E-state index in [1.165, 1.54) is 0 Å². The minimum absolute atomic E-state index is 0.0210. The van der Waals surface area contributed by atoms with Crippen LogP contribution in [0, 0.1) is 11.8 Å². The molecule has 28 heavy (non-hydrogen) atoms. The van der Waals surface area contributed by atoms with Gasteiger partial charge in [-0.25, -0.2) is 0 Å². The number of methoxy groups -OCH3 is 4. The van der Waals surface area contributed by atoms with Crippen molar-refractivity contribution in [2.75, 3.05) is 41.7 Å². The van der Waals surface area contributed by atoms with Gasteiger partial charge in [-0.1, -0.05) is 12.1 Å². The van der Waals surface area contributed by atoms with Crippen molar-refractivity contribution in [3.05, 3.63) is 47.5 Å². The molecule has 2 aromatic carbocycles. The standard InChI is InChI=1S/C22H30O6/c1-25-19-7-5-15(11-21(19)27-3)9-17(13-23)18(14-24)10-16-6-8-20(26-2)22(12-16)28-4/h5-8,11-12,17-18,23-24H,9-10,13-14H2,1-4H3/t17-,18-/m0/s1. The fourth-order valence-corrected chi connectivity index (χ4v) is 3.38. The highest BCUT2D eigenvalue weighted by Crippen LogP contribution is 2.32. The van der Waals surface area contributed by atoms with Gasteiger partial charge in [0.15, 0.2) is 23.0 Å². The molecule has 0 radical (unpaired) electrons. The summed E-state index contributed by atoms with van der Waals surface area (Å²) in [6, 6.07) is 11.4. The van der Waals surface area contributed by atoms with Gasteiger partial charge in [0, 0.05) is 13.2 Å². The Balaban J connectivity index is 2.17. The Kier molecular flexibility index (Phi) is 8.42. The van der Waals surface area contributed by atoms with Crippen LogP contribution in [0.15, 0.2) is 36.4 Å². The van der Waals surface area contributed by atoms with Gasteiger partial charge in [0.05, 0.1) is 28.4 Å². The lowest BCUT2D eigenvalue weighted by molar-refractivity contribution is 0.119. The first kappa shape index (κ1) is 21.9. The maximum Gasteiger partial charge on any atom is 0.160 e. The highest BCUT2D eigenvalue weighted by molar-refractivity contribution is 5.44. The molecule has 0 saturated heterocycles. The number of aliphatic hydroxyl groups excluding tert-OH is 2. The van der Waals surface area contributed by atoms with Crippen molar-refractivity contribution in [2.24, 2.45) is 11.8 Å². The van der Waals surface area contributed by atoms with Crippen LogP contribution in [0.5, 0.6) is 23.0 Å². The largest absolute Gasteiger partial charge is 0.493 e. The first-order valence-electron chi connectivity index (χ1n) is 9.23. The summed E-state index contributed by atoms with van der Waals surface area (Å²) in [4.78, 5) is 0. The second kappa shape index (κ2) is 10.8. The van der Waals surface area contributed by atoms with E-state index in [4.69, 9.17) is 18.9 Å². The first-order chi connectivity index (χ1) is 13.6. The van der Waals surface area contributed by atoms with Gasteiger partial charge in [-0.2, -0.15) is 0 Å². The van der Waals surface area contributed by atoms with Gasteiger partial charge < -0.3 is 29.2 Å². The Morgan fingerprint density at radius 1 is 0.607 bits per heavy atom. The molecular formula is C22H30O6. The van der Waals surface area contributed by atoms with Gasteiger partial charge in [0.25, 0.3) is 0 Å². The van der Waals surface area contributed by atoms with Crippen molar-refractivity contribution in [1.82, 2.24) is 0 Å². The fourth-order valence-electron chi connectivity index (χ4n) is 3.38. The molecule has 2 rings (SSSR count). The summed E-state index contributed by atoms with van der Waals surface area (Å²) >= 11 is 0. The van der Waals surface area contributed by atoms with Gasteiger partial charge in [0.1, 0.15) is 0 Å². The lowest BCUT2D eigenvalue weighted by Gasteiger charge is -2.25. The summed E-state index contributed by atoms with van der Waals surface area (Å²) in [5.41, 5.74) is 2.03. The quantitative estimate of drug-likeness (QED) is 0.614. The average molecular weight is 390 g/mol. The Bertz CT molecular complexity index is 682. The molecule has 0 bridgehead atoms. The van der Waals surface area contributed by atoms with Crippen LogP contribution in [0.25, 0.3) is 0 Å². The lowest BCUT2D eigenvalue weighted by atomic mass is 9.83. The Hall–Kier alpha value is -2.44. The van der Waals surface area contributed by atoms with Crippen LogP contribution in [0.1, 0.15) is 11.1 Å². The summed E-state index contributed by atoms with van der Waals surface area (Å²) < 4.78 is 21.3. The van der Waals surface area contributed by atoms with Gasteiger partial charge >= 0.3 is 0 Å². The topological polar surface area (TPSA) is 77.4 Å². The highest BCUT2D eigenvalue weighted by atomic mass is 16.5. The van der Waals surface area contributed by atoms with Crippen molar-refractivity contribution in [2.45, 2.75) is 12.8 Å². The van der Waals surface area contributed by atoms with E-state index in [1.54, 1.807) is 28.4 Å². The molecule has 154 valence electrons. The molecule has 0 aromatic heterocycles. The lowest BCUT2D eigenvalue weighted by Crippen LogP contribution is -2.26. The predicted molar refractivity (Wildman–Crippen MR) is 108 cm³/mol. The summed E-state index contributed by atoms with van der Waals surface area (Å²) in [6.45, 7) is -0.0419. The maximum atomic E-state index is 9.97. The molecule has 0 fully saturated rings. The molecule has 0 spiro atoms. The molecule has 0 aliphatic carbocycles. The van der Waals surface area contributed by atoms with Gasteiger partial charge in [0.2, 0.25) is 0 Å². The van der Waals surface area contributed by atoms with E-state index in [2.05, 4.69) is 0 Å². The van der Waals surface area contributed by atoms with E-state index in [0.717, 1.165) is 11.1 Å². The molecule has 2 N–H and O–H groups in total. The van der Waals surface area contributed by atoms with E-state index >= 15 is 0 Å². The average Bonchev–Trinajstić information content (AvgIpc) is 2.75. The fraction of sp³-hybridized carbons (Fsp3) is 0.455. The SMILES string of the molecule is COc1ccc(C[C@@H](CO)[C@H](CO)Cc2ccc(OC)c(OC)c2)cc1OC. The molecule has 0 heterocycles. The van der Waals surface area contributed by atoms with E-state index in [9.17, 15) is 10.2 Å². The summed E-state index contributed by atoms with van der Waals surface area (Å²) in [5.74, 6) is 2.42. The molecular weight excluding hydrogens is 360 g/mol. The van der Waals surface area contributed by atoms with Crippen molar-refractivity contribution < 1.29 is 29.2 Å². The molecule has 0 saturated carbocycles. The van der Waals surface area contributed by atoms with E-state index in [0.29, 0.717) is 35.8 Å². The van der Waals surface area contributed by atoms with Crippen LogP contribution in [0.3, 0.4) is 0 Å². The number of hydrogen-bond acceptors (Lipinski definition) is 6. The van der Waals surface area contributed by atoms with Crippen LogP contribution < -0.4 is 18.9 Å². The van der Waals surface area contributed by atoms with E-state index in [1.807, 2.05) is 36.4 Å².